The van der Waals surface area contributed by atoms with Crippen LogP contribution in [0.3, 0.4) is 0 Å². The summed E-state index contributed by atoms with van der Waals surface area (Å²) < 4.78 is 1.36. The minimum atomic E-state index is -1.30. The highest BCUT2D eigenvalue weighted by molar-refractivity contribution is 5.92. The first-order chi connectivity index (χ1) is 7.89. The van der Waals surface area contributed by atoms with Crippen molar-refractivity contribution in [2.45, 2.75) is 25.8 Å². The minimum Gasteiger partial charge on any atom is -0.480 e. The number of aromatic nitrogens is 3. The fourth-order valence-corrected chi connectivity index (χ4v) is 1.09. The summed E-state index contributed by atoms with van der Waals surface area (Å²) >= 11 is 0. The van der Waals surface area contributed by atoms with E-state index < -0.39 is 17.5 Å². The lowest BCUT2D eigenvalue weighted by molar-refractivity contribution is -0.143. The Morgan fingerprint density at radius 2 is 2.24 bits per heavy atom. The fraction of sp³-hybridized carbons (Fsp3) is 0.556. The number of rotatable bonds is 4. The standard InChI is InChI=1S/C9H15N5O3/c1-4-9(2,6(15)16)13-8(17)12-7-10-5-11-14(7)3/h5H,4H2,1-3H3,(H,15,16)(H2,10,11,12,13,17). The molecule has 0 spiro atoms. The number of aryl methyl sites for hydroxylation is 1. The zero-order valence-electron chi connectivity index (χ0n) is 9.89. The second-order valence-electron chi connectivity index (χ2n) is 3.78. The minimum absolute atomic E-state index is 0.242. The molecule has 1 aromatic rings. The summed E-state index contributed by atoms with van der Waals surface area (Å²) in [5, 5.41) is 17.5. The SMILES string of the molecule is CCC(C)(NC(=O)Nc1ncnn1C)C(=O)O. The van der Waals surface area contributed by atoms with Gasteiger partial charge in [-0.05, 0) is 13.3 Å². The van der Waals surface area contributed by atoms with Crippen LogP contribution in [0.25, 0.3) is 0 Å². The molecule has 1 aromatic heterocycles. The topological polar surface area (TPSA) is 109 Å². The maximum Gasteiger partial charge on any atom is 0.329 e. The Bertz CT molecular complexity index is 430. The van der Waals surface area contributed by atoms with E-state index >= 15 is 0 Å². The van der Waals surface area contributed by atoms with Gasteiger partial charge in [-0.25, -0.2) is 14.3 Å². The lowest BCUT2D eigenvalue weighted by Gasteiger charge is -2.24. The van der Waals surface area contributed by atoms with Gasteiger partial charge < -0.3 is 10.4 Å². The van der Waals surface area contributed by atoms with E-state index in [0.717, 1.165) is 0 Å². The monoisotopic (exact) mass is 241 g/mol. The van der Waals surface area contributed by atoms with Gasteiger partial charge in [-0.15, -0.1) is 0 Å². The summed E-state index contributed by atoms with van der Waals surface area (Å²) in [6.45, 7) is 3.11. The zero-order chi connectivity index (χ0) is 13.1. The van der Waals surface area contributed by atoms with Crippen molar-refractivity contribution in [2.24, 2.45) is 7.05 Å². The van der Waals surface area contributed by atoms with E-state index in [1.807, 2.05) is 0 Å². The third-order valence-corrected chi connectivity index (χ3v) is 2.51. The van der Waals surface area contributed by atoms with Crippen molar-refractivity contribution in [2.75, 3.05) is 5.32 Å². The molecule has 1 heterocycles. The summed E-state index contributed by atoms with van der Waals surface area (Å²) in [5.74, 6) is -0.848. The molecule has 1 rings (SSSR count). The predicted molar refractivity (Wildman–Crippen MR) is 59.5 cm³/mol. The molecule has 0 saturated carbocycles. The van der Waals surface area contributed by atoms with E-state index in [4.69, 9.17) is 5.11 Å². The van der Waals surface area contributed by atoms with Crippen molar-refractivity contribution < 1.29 is 14.7 Å². The number of amides is 2. The summed E-state index contributed by atoms with van der Waals surface area (Å²) in [5.41, 5.74) is -1.30. The third kappa shape index (κ3) is 2.92. The second-order valence-corrected chi connectivity index (χ2v) is 3.78. The maximum atomic E-state index is 11.6. The van der Waals surface area contributed by atoms with Gasteiger partial charge in [0.25, 0.3) is 0 Å². The van der Waals surface area contributed by atoms with Crippen LogP contribution in [0, 0.1) is 0 Å². The Kier molecular flexibility index (Phi) is 3.66. The van der Waals surface area contributed by atoms with E-state index in [-0.39, 0.29) is 12.4 Å². The molecule has 1 atom stereocenters. The molecule has 0 fully saturated rings. The molecule has 17 heavy (non-hydrogen) atoms. The predicted octanol–water partition coefficient (Wildman–Crippen LogP) is 0.190. The molecule has 0 radical (unpaired) electrons. The smallest absolute Gasteiger partial charge is 0.329 e. The average Bonchev–Trinajstić information content (AvgIpc) is 2.63. The van der Waals surface area contributed by atoms with E-state index in [2.05, 4.69) is 20.7 Å². The number of nitrogens with zero attached hydrogens (tertiary/aromatic N) is 3. The Balaban J connectivity index is 2.67. The number of urea groups is 1. The molecule has 0 bridgehead atoms. The molecular weight excluding hydrogens is 226 g/mol. The highest BCUT2D eigenvalue weighted by Gasteiger charge is 2.32. The summed E-state index contributed by atoms with van der Waals surface area (Å²) in [6, 6.07) is -0.632. The van der Waals surface area contributed by atoms with Crippen molar-refractivity contribution >= 4 is 17.9 Å². The Morgan fingerprint density at radius 3 is 2.65 bits per heavy atom. The molecule has 8 heteroatoms. The summed E-state index contributed by atoms with van der Waals surface area (Å²) in [7, 11) is 1.61. The summed E-state index contributed by atoms with van der Waals surface area (Å²) in [6.07, 6.45) is 1.56. The van der Waals surface area contributed by atoms with Crippen molar-refractivity contribution in [1.29, 1.82) is 0 Å². The molecule has 3 N–H and O–H groups in total. The van der Waals surface area contributed by atoms with E-state index in [1.54, 1.807) is 14.0 Å². The first-order valence-corrected chi connectivity index (χ1v) is 5.05. The molecule has 94 valence electrons. The fourth-order valence-electron chi connectivity index (χ4n) is 1.09. The number of carbonyl (C=O) groups is 2. The number of carboxylic acids is 1. The highest BCUT2D eigenvalue weighted by Crippen LogP contribution is 2.09. The van der Waals surface area contributed by atoms with Gasteiger partial charge in [0.05, 0.1) is 0 Å². The van der Waals surface area contributed by atoms with Crippen LogP contribution in [0.4, 0.5) is 10.7 Å². The summed E-state index contributed by atoms with van der Waals surface area (Å²) in [4.78, 5) is 26.3. The lowest BCUT2D eigenvalue weighted by Crippen LogP contribution is -2.53. The van der Waals surface area contributed by atoms with Gasteiger partial charge in [0.2, 0.25) is 5.95 Å². The van der Waals surface area contributed by atoms with Crippen molar-refractivity contribution in [3.05, 3.63) is 6.33 Å². The normalized spacial score (nSPS) is 13.8. The lowest BCUT2D eigenvalue weighted by atomic mass is 10.00. The van der Waals surface area contributed by atoms with Crippen LogP contribution >= 0.6 is 0 Å². The Hall–Kier alpha value is -2.12. The molecule has 0 aliphatic rings. The molecule has 2 amide bonds. The zero-order valence-corrected chi connectivity index (χ0v) is 9.89. The first-order valence-electron chi connectivity index (χ1n) is 5.05. The molecular formula is C9H15N5O3. The molecule has 8 nitrogen and oxygen atoms in total. The number of nitrogens with one attached hydrogen (secondary N) is 2. The van der Waals surface area contributed by atoms with Crippen molar-refractivity contribution in [3.63, 3.8) is 0 Å². The van der Waals surface area contributed by atoms with Gasteiger partial charge in [-0.1, -0.05) is 6.92 Å². The molecule has 0 aliphatic carbocycles. The average molecular weight is 241 g/mol. The van der Waals surface area contributed by atoms with Crippen molar-refractivity contribution in [3.8, 4) is 0 Å². The number of hydrogen-bond acceptors (Lipinski definition) is 4. The number of aliphatic carboxylic acids is 1. The Labute approximate surface area is 98.0 Å². The molecule has 0 aliphatic heterocycles. The highest BCUT2D eigenvalue weighted by atomic mass is 16.4. The van der Waals surface area contributed by atoms with Gasteiger partial charge >= 0.3 is 12.0 Å². The Morgan fingerprint density at radius 1 is 1.59 bits per heavy atom. The van der Waals surface area contributed by atoms with Crippen LogP contribution < -0.4 is 10.6 Å². The quantitative estimate of drug-likeness (QED) is 0.697. The number of hydrogen-bond donors (Lipinski definition) is 3. The molecule has 0 saturated heterocycles. The largest absolute Gasteiger partial charge is 0.480 e. The molecule has 1 unspecified atom stereocenters. The second kappa shape index (κ2) is 4.81. The first kappa shape index (κ1) is 12.9. The van der Waals surface area contributed by atoms with Crippen LogP contribution in [0.2, 0.25) is 0 Å². The van der Waals surface area contributed by atoms with Crippen LogP contribution in [0.15, 0.2) is 6.33 Å². The molecule has 0 aromatic carbocycles. The van der Waals surface area contributed by atoms with Gasteiger partial charge in [-0.2, -0.15) is 10.1 Å². The number of carbonyl (C=O) groups excluding carboxylic acids is 1. The maximum absolute atomic E-state index is 11.6. The van der Waals surface area contributed by atoms with Crippen LogP contribution in [0.1, 0.15) is 20.3 Å². The van der Waals surface area contributed by atoms with E-state index in [0.29, 0.717) is 0 Å². The van der Waals surface area contributed by atoms with Crippen molar-refractivity contribution in [1.82, 2.24) is 20.1 Å². The van der Waals surface area contributed by atoms with Crippen LogP contribution in [0.5, 0.6) is 0 Å². The van der Waals surface area contributed by atoms with Gasteiger partial charge in [-0.3, -0.25) is 5.32 Å². The van der Waals surface area contributed by atoms with Gasteiger partial charge in [0, 0.05) is 7.05 Å². The van der Waals surface area contributed by atoms with Gasteiger partial charge in [0.1, 0.15) is 11.9 Å². The number of anilines is 1. The van der Waals surface area contributed by atoms with E-state index in [9.17, 15) is 9.59 Å². The van der Waals surface area contributed by atoms with E-state index in [1.165, 1.54) is 17.9 Å². The van der Waals surface area contributed by atoms with Gasteiger partial charge in [0.15, 0.2) is 0 Å². The number of carboxylic acid groups (broad SMARTS) is 1. The third-order valence-electron chi connectivity index (χ3n) is 2.51. The van der Waals surface area contributed by atoms with Crippen LogP contribution in [-0.4, -0.2) is 37.4 Å². The van der Waals surface area contributed by atoms with Crippen LogP contribution in [-0.2, 0) is 11.8 Å².